The van der Waals surface area contributed by atoms with Crippen LogP contribution in [0.4, 0.5) is 0 Å². The van der Waals surface area contributed by atoms with Gasteiger partial charge in [0.05, 0.1) is 13.2 Å². The lowest BCUT2D eigenvalue weighted by Gasteiger charge is -2.04. The minimum atomic E-state index is 0.632. The number of nitrogens with one attached hydrogen (secondary N) is 1. The molecule has 0 saturated carbocycles. The lowest BCUT2D eigenvalue weighted by atomic mass is 10.2. The van der Waals surface area contributed by atoms with Crippen molar-refractivity contribution < 1.29 is 4.74 Å². The van der Waals surface area contributed by atoms with Crippen molar-refractivity contribution in [2.75, 3.05) is 19.7 Å². The van der Waals surface area contributed by atoms with E-state index in [1.807, 2.05) is 30.3 Å². The maximum absolute atomic E-state index is 5.77. The molecule has 0 spiro atoms. The molecule has 3 heteroatoms. The van der Waals surface area contributed by atoms with Gasteiger partial charge in [-0.25, -0.2) is 0 Å². The average molecular weight is 226 g/mol. The van der Waals surface area contributed by atoms with Crippen LogP contribution in [0.25, 0.3) is 0 Å². The molecule has 0 amide bonds. The molecule has 1 aromatic rings. The number of ether oxygens (including phenoxy) is 1. The molecule has 0 aliphatic heterocycles. The van der Waals surface area contributed by atoms with Crippen molar-refractivity contribution in [1.29, 1.82) is 0 Å². The number of halogens is 1. The van der Waals surface area contributed by atoms with Crippen molar-refractivity contribution in [1.82, 2.24) is 5.32 Å². The Bertz CT molecular complexity index is 284. The highest BCUT2D eigenvalue weighted by atomic mass is 35.5. The van der Waals surface area contributed by atoms with Gasteiger partial charge in [0.1, 0.15) is 0 Å². The normalized spacial score (nSPS) is 10.2. The van der Waals surface area contributed by atoms with E-state index in [1.54, 1.807) is 0 Å². The van der Waals surface area contributed by atoms with E-state index in [-0.39, 0.29) is 0 Å². The predicted molar refractivity (Wildman–Crippen MR) is 64.2 cm³/mol. The van der Waals surface area contributed by atoms with Crippen molar-refractivity contribution in [2.45, 2.75) is 6.61 Å². The smallest absolute Gasteiger partial charge is 0.0717 e. The molecular weight excluding hydrogens is 210 g/mol. The van der Waals surface area contributed by atoms with Gasteiger partial charge in [0.15, 0.2) is 0 Å². The number of benzene rings is 1. The summed E-state index contributed by atoms with van der Waals surface area (Å²) >= 11 is 5.77. The molecule has 0 aromatic heterocycles. The summed E-state index contributed by atoms with van der Waals surface area (Å²) in [5.74, 6) is 0. The third kappa shape index (κ3) is 5.57. The maximum atomic E-state index is 5.77. The van der Waals surface area contributed by atoms with Gasteiger partial charge in [0.2, 0.25) is 0 Å². The Labute approximate surface area is 95.9 Å². The quantitative estimate of drug-likeness (QED) is 0.569. The van der Waals surface area contributed by atoms with E-state index in [1.165, 1.54) is 0 Å². The highest BCUT2D eigenvalue weighted by Crippen LogP contribution is 2.09. The van der Waals surface area contributed by atoms with E-state index in [9.17, 15) is 0 Å². The number of hydrogen-bond donors (Lipinski definition) is 1. The van der Waals surface area contributed by atoms with Crippen LogP contribution in [0.2, 0.25) is 5.02 Å². The first-order chi connectivity index (χ1) is 7.33. The molecule has 82 valence electrons. The molecule has 0 heterocycles. The summed E-state index contributed by atoms with van der Waals surface area (Å²) in [7, 11) is 0. The largest absolute Gasteiger partial charge is 0.375 e. The van der Waals surface area contributed by atoms with E-state index in [2.05, 4.69) is 11.9 Å². The highest BCUT2D eigenvalue weighted by molar-refractivity contribution is 6.30. The van der Waals surface area contributed by atoms with E-state index in [0.717, 1.165) is 23.7 Å². The summed E-state index contributed by atoms with van der Waals surface area (Å²) in [6.07, 6.45) is 1.83. The van der Waals surface area contributed by atoms with Gasteiger partial charge in [-0.15, -0.1) is 6.58 Å². The van der Waals surface area contributed by atoms with Crippen LogP contribution in [0.3, 0.4) is 0 Å². The first kappa shape index (κ1) is 12.2. The molecule has 0 bridgehead atoms. The molecule has 2 nitrogen and oxygen atoms in total. The van der Waals surface area contributed by atoms with Gasteiger partial charge in [0.25, 0.3) is 0 Å². The van der Waals surface area contributed by atoms with Crippen molar-refractivity contribution >= 4 is 11.6 Å². The molecule has 0 fully saturated rings. The molecule has 0 unspecified atom stereocenters. The Morgan fingerprint density at radius 3 is 2.73 bits per heavy atom. The molecule has 1 aromatic carbocycles. The second kappa shape index (κ2) is 7.46. The fourth-order valence-electron chi connectivity index (χ4n) is 1.12. The van der Waals surface area contributed by atoms with Crippen LogP contribution in [0.1, 0.15) is 5.56 Å². The van der Waals surface area contributed by atoms with E-state index in [4.69, 9.17) is 16.3 Å². The van der Waals surface area contributed by atoms with Crippen molar-refractivity contribution in [3.05, 3.63) is 47.5 Å². The third-order valence-corrected chi connectivity index (χ3v) is 2.15. The summed E-state index contributed by atoms with van der Waals surface area (Å²) in [5, 5.41) is 3.92. The van der Waals surface area contributed by atoms with Crippen LogP contribution < -0.4 is 5.32 Å². The van der Waals surface area contributed by atoms with Gasteiger partial charge >= 0.3 is 0 Å². The van der Waals surface area contributed by atoms with Crippen molar-refractivity contribution in [3.8, 4) is 0 Å². The Morgan fingerprint density at radius 2 is 2.07 bits per heavy atom. The average Bonchev–Trinajstić information content (AvgIpc) is 2.26. The van der Waals surface area contributed by atoms with Gasteiger partial charge < -0.3 is 10.1 Å². The summed E-state index contributed by atoms with van der Waals surface area (Å²) in [6, 6.07) is 7.69. The Morgan fingerprint density at radius 1 is 1.33 bits per heavy atom. The summed E-state index contributed by atoms with van der Waals surface area (Å²) < 4.78 is 5.47. The van der Waals surface area contributed by atoms with Gasteiger partial charge in [-0.2, -0.15) is 0 Å². The van der Waals surface area contributed by atoms with Crippen LogP contribution >= 0.6 is 11.6 Å². The zero-order valence-electron chi connectivity index (χ0n) is 8.71. The SMILES string of the molecule is C=CCNCCOCc1ccc(Cl)cc1. The topological polar surface area (TPSA) is 21.3 Å². The third-order valence-electron chi connectivity index (χ3n) is 1.89. The lowest BCUT2D eigenvalue weighted by molar-refractivity contribution is 0.123. The molecule has 1 N–H and O–H groups in total. The lowest BCUT2D eigenvalue weighted by Crippen LogP contribution is -2.19. The van der Waals surface area contributed by atoms with Crippen LogP contribution in [0.5, 0.6) is 0 Å². The van der Waals surface area contributed by atoms with Gasteiger partial charge in [0, 0.05) is 18.1 Å². The van der Waals surface area contributed by atoms with E-state index >= 15 is 0 Å². The molecular formula is C12H16ClNO. The van der Waals surface area contributed by atoms with Crippen LogP contribution in [0.15, 0.2) is 36.9 Å². The standard InChI is InChI=1S/C12H16ClNO/c1-2-7-14-8-9-15-10-11-3-5-12(13)6-4-11/h2-6,14H,1,7-10H2. The van der Waals surface area contributed by atoms with Crippen molar-refractivity contribution in [3.63, 3.8) is 0 Å². The van der Waals surface area contributed by atoms with Crippen LogP contribution in [-0.4, -0.2) is 19.7 Å². The fraction of sp³-hybridized carbons (Fsp3) is 0.333. The molecule has 0 saturated heterocycles. The zero-order valence-corrected chi connectivity index (χ0v) is 9.46. The van der Waals surface area contributed by atoms with Crippen LogP contribution in [-0.2, 0) is 11.3 Å². The second-order valence-corrected chi connectivity index (χ2v) is 3.61. The molecule has 15 heavy (non-hydrogen) atoms. The second-order valence-electron chi connectivity index (χ2n) is 3.17. The highest BCUT2D eigenvalue weighted by Gasteiger charge is 1.93. The predicted octanol–water partition coefficient (Wildman–Crippen LogP) is 2.63. The molecule has 0 aliphatic carbocycles. The maximum Gasteiger partial charge on any atom is 0.0717 e. The Kier molecular flexibility index (Phi) is 6.09. The Hall–Kier alpha value is -0.830. The Balaban J connectivity index is 2.09. The molecule has 0 atom stereocenters. The van der Waals surface area contributed by atoms with E-state index in [0.29, 0.717) is 13.2 Å². The summed E-state index contributed by atoms with van der Waals surface area (Å²) in [6.45, 7) is 6.63. The summed E-state index contributed by atoms with van der Waals surface area (Å²) in [5.41, 5.74) is 1.14. The zero-order chi connectivity index (χ0) is 10.9. The monoisotopic (exact) mass is 225 g/mol. The van der Waals surface area contributed by atoms with Gasteiger partial charge in [-0.05, 0) is 17.7 Å². The first-order valence-corrected chi connectivity index (χ1v) is 5.34. The minimum absolute atomic E-state index is 0.632. The fourth-order valence-corrected chi connectivity index (χ4v) is 1.25. The van der Waals surface area contributed by atoms with Gasteiger partial charge in [-0.3, -0.25) is 0 Å². The van der Waals surface area contributed by atoms with E-state index < -0.39 is 0 Å². The van der Waals surface area contributed by atoms with Crippen molar-refractivity contribution in [2.24, 2.45) is 0 Å². The number of rotatable bonds is 7. The van der Waals surface area contributed by atoms with Crippen LogP contribution in [0, 0.1) is 0 Å². The molecule has 0 aliphatic rings. The molecule has 1 rings (SSSR count). The molecule has 0 radical (unpaired) electrons. The summed E-state index contributed by atoms with van der Waals surface area (Å²) in [4.78, 5) is 0. The first-order valence-electron chi connectivity index (χ1n) is 4.96. The van der Waals surface area contributed by atoms with Gasteiger partial charge in [-0.1, -0.05) is 29.8 Å². The minimum Gasteiger partial charge on any atom is -0.375 e. The number of hydrogen-bond acceptors (Lipinski definition) is 2.